The van der Waals surface area contributed by atoms with Gasteiger partial charge < -0.3 is 9.64 Å². The first-order valence-corrected chi connectivity index (χ1v) is 9.38. The summed E-state index contributed by atoms with van der Waals surface area (Å²) in [7, 11) is 1.74. The summed E-state index contributed by atoms with van der Waals surface area (Å²) < 4.78 is 5.36. The molecule has 2 fully saturated rings. The average Bonchev–Trinajstić information content (AvgIpc) is 2.62. The maximum atomic E-state index is 5.36. The number of anilines is 1. The third kappa shape index (κ3) is 2.73. The highest BCUT2D eigenvalue weighted by molar-refractivity contribution is 5.51. The number of fused-ring (bicyclic) bond motifs is 1. The van der Waals surface area contributed by atoms with Crippen molar-refractivity contribution in [2.75, 3.05) is 44.7 Å². The topological polar surface area (TPSA) is 15.7 Å². The van der Waals surface area contributed by atoms with E-state index < -0.39 is 0 Å². The normalized spacial score (nSPS) is 29.0. The lowest BCUT2D eigenvalue weighted by atomic mass is 9.49. The van der Waals surface area contributed by atoms with E-state index in [1.165, 1.54) is 25.1 Å². The smallest absolute Gasteiger partial charge is 0.120 e. The van der Waals surface area contributed by atoms with Crippen molar-refractivity contribution < 1.29 is 4.74 Å². The lowest BCUT2D eigenvalue weighted by Crippen LogP contribution is -2.52. The van der Waals surface area contributed by atoms with Gasteiger partial charge in [-0.25, -0.2) is 0 Å². The number of hydrogen-bond acceptors (Lipinski definition) is 3. The number of benzene rings is 1. The lowest BCUT2D eigenvalue weighted by molar-refractivity contribution is -0.0107. The predicted molar refractivity (Wildman–Crippen MR) is 99.7 cm³/mol. The molecule has 2 atom stereocenters. The molecule has 24 heavy (non-hydrogen) atoms. The zero-order valence-corrected chi connectivity index (χ0v) is 15.3. The molecule has 1 aromatic rings. The standard InChI is InChI=1S/C21H30N2O/c1-21(2)17-8-7-16(20(21)13-17)15-22-9-11-23(12-10-22)18-5-4-6-19(14-18)24-3/h4-7,14,17,20H,8-13,15H2,1-3H3. The number of methoxy groups -OCH3 is 1. The molecule has 3 aliphatic carbocycles. The molecule has 0 N–H and O–H groups in total. The fourth-order valence-electron chi connectivity index (χ4n) is 4.89. The number of allylic oxidation sites excluding steroid dienone is 1. The molecule has 2 unspecified atom stereocenters. The van der Waals surface area contributed by atoms with Gasteiger partial charge in [0, 0.05) is 44.5 Å². The minimum absolute atomic E-state index is 0.548. The predicted octanol–water partition coefficient (Wildman–Crippen LogP) is 3.81. The van der Waals surface area contributed by atoms with Crippen LogP contribution in [0.5, 0.6) is 5.75 Å². The molecule has 130 valence electrons. The molecule has 1 saturated heterocycles. The molecule has 3 nitrogen and oxygen atoms in total. The Kier molecular flexibility index (Phi) is 4.07. The minimum Gasteiger partial charge on any atom is -0.497 e. The van der Waals surface area contributed by atoms with Gasteiger partial charge in [0.05, 0.1) is 7.11 Å². The third-order valence-electron chi connectivity index (χ3n) is 6.78. The summed E-state index contributed by atoms with van der Waals surface area (Å²) in [5, 5.41) is 0. The Hall–Kier alpha value is -1.48. The zero-order valence-electron chi connectivity index (χ0n) is 15.3. The monoisotopic (exact) mass is 326 g/mol. The second kappa shape index (κ2) is 6.11. The van der Waals surface area contributed by atoms with Gasteiger partial charge in [0.2, 0.25) is 0 Å². The molecule has 1 aromatic carbocycles. The Morgan fingerprint density at radius 2 is 1.96 bits per heavy atom. The Labute approximate surface area is 146 Å². The van der Waals surface area contributed by atoms with E-state index in [9.17, 15) is 0 Å². The van der Waals surface area contributed by atoms with Crippen molar-refractivity contribution in [3.63, 3.8) is 0 Å². The Morgan fingerprint density at radius 1 is 1.17 bits per heavy atom. The Bertz CT molecular complexity index is 628. The van der Waals surface area contributed by atoms with Crippen LogP contribution in [0, 0.1) is 17.3 Å². The molecular weight excluding hydrogens is 296 g/mol. The SMILES string of the molecule is COc1cccc(N2CCN(CC3=CCC4CC3C4(C)C)CC2)c1. The van der Waals surface area contributed by atoms with E-state index in [-0.39, 0.29) is 0 Å². The van der Waals surface area contributed by atoms with Gasteiger partial charge >= 0.3 is 0 Å². The van der Waals surface area contributed by atoms with Gasteiger partial charge in [-0.05, 0) is 42.2 Å². The molecule has 5 rings (SSSR count). The van der Waals surface area contributed by atoms with Crippen LogP contribution in [-0.2, 0) is 0 Å². The summed E-state index contributed by atoms with van der Waals surface area (Å²) in [4.78, 5) is 5.13. The van der Waals surface area contributed by atoms with Gasteiger partial charge in [-0.15, -0.1) is 0 Å². The first-order valence-electron chi connectivity index (χ1n) is 9.38. The van der Waals surface area contributed by atoms with Gasteiger partial charge in [0.1, 0.15) is 5.75 Å². The van der Waals surface area contributed by atoms with Crippen molar-refractivity contribution >= 4 is 5.69 Å². The van der Waals surface area contributed by atoms with Gasteiger partial charge in [-0.2, -0.15) is 0 Å². The van der Waals surface area contributed by atoms with E-state index in [0.717, 1.165) is 43.8 Å². The summed E-state index contributed by atoms with van der Waals surface area (Å²) >= 11 is 0. The van der Waals surface area contributed by atoms with Crippen molar-refractivity contribution in [1.29, 1.82) is 0 Å². The molecule has 0 aromatic heterocycles. The molecule has 1 saturated carbocycles. The minimum atomic E-state index is 0.548. The molecule has 0 radical (unpaired) electrons. The number of rotatable bonds is 4. The van der Waals surface area contributed by atoms with Crippen LogP contribution in [0.15, 0.2) is 35.9 Å². The fourth-order valence-corrected chi connectivity index (χ4v) is 4.89. The van der Waals surface area contributed by atoms with Crippen molar-refractivity contribution in [3.05, 3.63) is 35.9 Å². The van der Waals surface area contributed by atoms with Crippen molar-refractivity contribution in [3.8, 4) is 5.75 Å². The first kappa shape index (κ1) is 16.0. The maximum Gasteiger partial charge on any atom is 0.120 e. The summed E-state index contributed by atoms with van der Waals surface area (Å²) in [6.45, 7) is 10.7. The van der Waals surface area contributed by atoms with Gasteiger partial charge in [0.25, 0.3) is 0 Å². The molecule has 1 heterocycles. The molecule has 0 spiro atoms. The summed E-state index contributed by atoms with van der Waals surface area (Å²) in [6, 6.07) is 8.45. The number of hydrogen-bond donors (Lipinski definition) is 0. The van der Waals surface area contributed by atoms with Gasteiger partial charge in [0.15, 0.2) is 0 Å². The van der Waals surface area contributed by atoms with E-state index in [1.54, 1.807) is 12.7 Å². The molecule has 1 aliphatic heterocycles. The fraction of sp³-hybridized carbons (Fsp3) is 0.619. The van der Waals surface area contributed by atoms with Crippen molar-refractivity contribution in [2.24, 2.45) is 17.3 Å². The highest BCUT2D eigenvalue weighted by Gasteiger charge is 2.51. The summed E-state index contributed by atoms with van der Waals surface area (Å²) in [6.07, 6.45) is 5.30. The summed E-state index contributed by atoms with van der Waals surface area (Å²) in [5.41, 5.74) is 3.55. The largest absolute Gasteiger partial charge is 0.497 e. The third-order valence-corrected chi connectivity index (χ3v) is 6.78. The van der Waals surface area contributed by atoms with Gasteiger partial charge in [-0.3, -0.25) is 4.90 Å². The quantitative estimate of drug-likeness (QED) is 0.783. The zero-order chi connectivity index (χ0) is 16.7. The van der Waals surface area contributed by atoms with E-state index >= 15 is 0 Å². The van der Waals surface area contributed by atoms with Crippen LogP contribution in [0.3, 0.4) is 0 Å². The first-order chi connectivity index (χ1) is 11.6. The number of nitrogens with zero attached hydrogens (tertiary/aromatic N) is 2. The van der Waals surface area contributed by atoms with E-state index in [2.05, 4.69) is 47.9 Å². The number of piperazine rings is 1. The lowest BCUT2D eigenvalue weighted by Gasteiger charge is -2.57. The Morgan fingerprint density at radius 3 is 2.62 bits per heavy atom. The molecule has 2 bridgehead atoms. The molecule has 4 aliphatic rings. The Balaban J connectivity index is 1.34. The highest BCUT2D eigenvalue weighted by atomic mass is 16.5. The second-order valence-electron chi connectivity index (χ2n) is 8.29. The molecular formula is C21H30N2O. The number of ether oxygens (including phenoxy) is 1. The van der Waals surface area contributed by atoms with Crippen LogP contribution in [0.1, 0.15) is 26.7 Å². The van der Waals surface area contributed by atoms with E-state index in [1.807, 2.05) is 6.07 Å². The second-order valence-corrected chi connectivity index (χ2v) is 8.29. The average molecular weight is 326 g/mol. The molecule has 3 heteroatoms. The van der Waals surface area contributed by atoms with Crippen LogP contribution >= 0.6 is 0 Å². The van der Waals surface area contributed by atoms with Crippen molar-refractivity contribution in [2.45, 2.75) is 26.7 Å². The summed E-state index contributed by atoms with van der Waals surface area (Å²) in [5.74, 6) is 2.73. The van der Waals surface area contributed by atoms with Crippen LogP contribution in [0.25, 0.3) is 0 Å². The van der Waals surface area contributed by atoms with E-state index in [4.69, 9.17) is 4.74 Å². The van der Waals surface area contributed by atoms with Gasteiger partial charge in [-0.1, -0.05) is 31.6 Å². The van der Waals surface area contributed by atoms with E-state index in [0.29, 0.717) is 5.41 Å². The van der Waals surface area contributed by atoms with Crippen LogP contribution in [0.4, 0.5) is 5.69 Å². The maximum absolute atomic E-state index is 5.36. The van der Waals surface area contributed by atoms with Crippen LogP contribution < -0.4 is 9.64 Å². The molecule has 0 amide bonds. The highest BCUT2D eigenvalue weighted by Crippen LogP contribution is 2.59. The van der Waals surface area contributed by atoms with Crippen molar-refractivity contribution in [1.82, 2.24) is 4.90 Å². The van der Waals surface area contributed by atoms with Crippen LogP contribution in [-0.4, -0.2) is 44.7 Å². The van der Waals surface area contributed by atoms with Crippen LogP contribution in [0.2, 0.25) is 0 Å².